The zero-order chi connectivity index (χ0) is 10.6. The standard InChI is InChI=1S/C10H8FNO2/c11-9-6-8(10(12)14)4-3-7(9)2-1-5-13/h3-4,6,13H,5H2,(H2,12,14). The summed E-state index contributed by atoms with van der Waals surface area (Å²) >= 11 is 0. The summed E-state index contributed by atoms with van der Waals surface area (Å²) < 4.78 is 13.1. The Morgan fingerprint density at radius 1 is 1.57 bits per heavy atom. The van der Waals surface area contributed by atoms with Crippen LogP contribution >= 0.6 is 0 Å². The highest BCUT2D eigenvalue weighted by atomic mass is 19.1. The second-order valence-corrected chi connectivity index (χ2v) is 2.52. The third kappa shape index (κ3) is 2.31. The number of amides is 1. The highest BCUT2D eigenvalue weighted by Crippen LogP contribution is 2.08. The van der Waals surface area contributed by atoms with E-state index >= 15 is 0 Å². The zero-order valence-electron chi connectivity index (χ0n) is 7.25. The van der Waals surface area contributed by atoms with Crippen LogP contribution in [-0.4, -0.2) is 17.6 Å². The molecule has 0 fully saturated rings. The number of halogens is 1. The SMILES string of the molecule is NC(=O)c1ccc(C#CCO)c(F)c1. The third-order valence-corrected chi connectivity index (χ3v) is 1.56. The van der Waals surface area contributed by atoms with Gasteiger partial charge >= 0.3 is 0 Å². The number of hydrogen-bond donors (Lipinski definition) is 2. The molecule has 0 aliphatic carbocycles. The Labute approximate surface area is 80.4 Å². The van der Waals surface area contributed by atoms with Gasteiger partial charge in [-0.2, -0.15) is 0 Å². The van der Waals surface area contributed by atoms with Gasteiger partial charge in [-0.05, 0) is 18.2 Å². The molecular formula is C10H8FNO2. The molecule has 0 radical (unpaired) electrons. The first-order chi connectivity index (χ1) is 6.65. The van der Waals surface area contributed by atoms with Gasteiger partial charge in [0.1, 0.15) is 12.4 Å². The van der Waals surface area contributed by atoms with Gasteiger partial charge < -0.3 is 10.8 Å². The van der Waals surface area contributed by atoms with Gasteiger partial charge in [0.05, 0.1) is 5.56 Å². The van der Waals surface area contributed by atoms with Gasteiger partial charge in [-0.1, -0.05) is 11.8 Å². The van der Waals surface area contributed by atoms with Gasteiger partial charge in [-0.3, -0.25) is 4.79 Å². The molecule has 1 aromatic carbocycles. The molecule has 14 heavy (non-hydrogen) atoms. The molecule has 0 bridgehead atoms. The summed E-state index contributed by atoms with van der Waals surface area (Å²) in [7, 11) is 0. The highest BCUT2D eigenvalue weighted by molar-refractivity contribution is 5.92. The number of aliphatic hydroxyl groups excluding tert-OH is 1. The summed E-state index contributed by atoms with van der Waals surface area (Å²) in [6, 6.07) is 3.74. The van der Waals surface area contributed by atoms with Crippen LogP contribution in [0.1, 0.15) is 15.9 Å². The second kappa shape index (κ2) is 4.40. The number of carbonyl (C=O) groups is 1. The lowest BCUT2D eigenvalue weighted by molar-refractivity contribution is 0.1000. The first-order valence-electron chi connectivity index (χ1n) is 3.84. The maximum absolute atomic E-state index is 13.1. The molecule has 0 unspecified atom stereocenters. The Morgan fingerprint density at radius 2 is 2.29 bits per heavy atom. The molecule has 3 N–H and O–H groups in total. The van der Waals surface area contributed by atoms with Crippen molar-refractivity contribution in [1.29, 1.82) is 0 Å². The van der Waals surface area contributed by atoms with Gasteiger partial charge in [-0.15, -0.1) is 0 Å². The quantitative estimate of drug-likeness (QED) is 0.629. The van der Waals surface area contributed by atoms with Crippen molar-refractivity contribution in [2.24, 2.45) is 5.73 Å². The van der Waals surface area contributed by atoms with Crippen molar-refractivity contribution in [3.8, 4) is 11.8 Å². The molecule has 0 aliphatic rings. The Morgan fingerprint density at radius 3 is 2.79 bits per heavy atom. The highest BCUT2D eigenvalue weighted by Gasteiger charge is 2.04. The van der Waals surface area contributed by atoms with E-state index in [4.69, 9.17) is 10.8 Å². The van der Waals surface area contributed by atoms with E-state index in [0.717, 1.165) is 6.07 Å². The van der Waals surface area contributed by atoms with Crippen molar-refractivity contribution >= 4 is 5.91 Å². The summed E-state index contributed by atoms with van der Waals surface area (Å²) in [6.45, 7) is -0.336. The van der Waals surface area contributed by atoms with Crippen molar-refractivity contribution in [2.45, 2.75) is 0 Å². The number of carbonyl (C=O) groups excluding carboxylic acids is 1. The topological polar surface area (TPSA) is 63.3 Å². The van der Waals surface area contributed by atoms with Crippen molar-refractivity contribution in [2.75, 3.05) is 6.61 Å². The average molecular weight is 193 g/mol. The second-order valence-electron chi connectivity index (χ2n) is 2.52. The number of rotatable bonds is 1. The smallest absolute Gasteiger partial charge is 0.248 e. The molecule has 0 saturated carbocycles. The van der Waals surface area contributed by atoms with Crippen molar-refractivity contribution in [1.82, 2.24) is 0 Å². The van der Waals surface area contributed by atoms with E-state index in [9.17, 15) is 9.18 Å². The average Bonchev–Trinajstić information content (AvgIpc) is 2.15. The Balaban J connectivity index is 3.07. The van der Waals surface area contributed by atoms with E-state index in [2.05, 4.69) is 11.8 Å². The molecule has 0 aromatic heterocycles. The first-order valence-corrected chi connectivity index (χ1v) is 3.84. The minimum absolute atomic E-state index is 0.0945. The monoisotopic (exact) mass is 193 g/mol. The molecule has 1 aromatic rings. The van der Waals surface area contributed by atoms with E-state index in [1.807, 2.05) is 0 Å². The van der Waals surface area contributed by atoms with Crippen LogP contribution in [0.4, 0.5) is 4.39 Å². The minimum Gasteiger partial charge on any atom is -0.384 e. The lowest BCUT2D eigenvalue weighted by Crippen LogP contribution is -2.11. The number of hydrogen-bond acceptors (Lipinski definition) is 2. The van der Waals surface area contributed by atoms with Crippen LogP contribution in [0.15, 0.2) is 18.2 Å². The van der Waals surface area contributed by atoms with Gasteiger partial charge in [0, 0.05) is 5.56 Å². The van der Waals surface area contributed by atoms with Crippen molar-refractivity contribution in [3.63, 3.8) is 0 Å². The van der Waals surface area contributed by atoms with E-state index in [-0.39, 0.29) is 17.7 Å². The van der Waals surface area contributed by atoms with E-state index in [1.54, 1.807) is 0 Å². The van der Waals surface area contributed by atoms with Gasteiger partial charge in [-0.25, -0.2) is 4.39 Å². The number of primary amides is 1. The van der Waals surface area contributed by atoms with E-state index in [1.165, 1.54) is 12.1 Å². The summed E-state index contributed by atoms with van der Waals surface area (Å²) in [6.07, 6.45) is 0. The van der Waals surface area contributed by atoms with Gasteiger partial charge in [0.15, 0.2) is 0 Å². The lowest BCUT2D eigenvalue weighted by Gasteiger charge is -1.97. The van der Waals surface area contributed by atoms with Crippen LogP contribution in [0.25, 0.3) is 0 Å². The molecule has 0 spiro atoms. The van der Waals surface area contributed by atoms with E-state index < -0.39 is 11.7 Å². The summed E-state index contributed by atoms with van der Waals surface area (Å²) in [4.78, 5) is 10.7. The normalized spacial score (nSPS) is 9.00. The van der Waals surface area contributed by atoms with Crippen LogP contribution in [0.3, 0.4) is 0 Å². The molecule has 3 nitrogen and oxygen atoms in total. The van der Waals surface area contributed by atoms with Gasteiger partial charge in [0.2, 0.25) is 5.91 Å². The lowest BCUT2D eigenvalue weighted by atomic mass is 10.1. The Hall–Kier alpha value is -1.86. The van der Waals surface area contributed by atoms with Crippen LogP contribution in [0, 0.1) is 17.7 Å². The Kier molecular flexibility index (Phi) is 3.21. The predicted octanol–water partition coefficient (Wildman–Crippen LogP) is 0.268. The van der Waals surface area contributed by atoms with Crippen LogP contribution < -0.4 is 5.73 Å². The number of nitrogens with two attached hydrogens (primary N) is 1. The van der Waals surface area contributed by atoms with E-state index in [0.29, 0.717) is 0 Å². The molecule has 72 valence electrons. The predicted molar refractivity (Wildman–Crippen MR) is 48.9 cm³/mol. The molecule has 0 atom stereocenters. The van der Waals surface area contributed by atoms with Gasteiger partial charge in [0.25, 0.3) is 0 Å². The van der Waals surface area contributed by atoms with Crippen LogP contribution in [0.2, 0.25) is 0 Å². The maximum Gasteiger partial charge on any atom is 0.248 e. The fraction of sp³-hybridized carbons (Fsp3) is 0.100. The molecule has 1 amide bonds. The molecule has 0 aliphatic heterocycles. The van der Waals surface area contributed by atoms with Crippen LogP contribution in [0.5, 0.6) is 0 Å². The molecule has 0 saturated heterocycles. The molecule has 4 heteroatoms. The third-order valence-electron chi connectivity index (χ3n) is 1.56. The summed E-state index contributed by atoms with van der Waals surface area (Å²) in [5, 5.41) is 8.39. The maximum atomic E-state index is 13.1. The fourth-order valence-electron chi connectivity index (χ4n) is 0.905. The number of benzene rings is 1. The molecule has 0 heterocycles. The zero-order valence-corrected chi connectivity index (χ0v) is 7.25. The summed E-state index contributed by atoms with van der Waals surface area (Å²) in [5.74, 6) is 3.39. The molecular weight excluding hydrogens is 185 g/mol. The van der Waals surface area contributed by atoms with Crippen molar-refractivity contribution < 1.29 is 14.3 Å². The van der Waals surface area contributed by atoms with Crippen LogP contribution in [-0.2, 0) is 0 Å². The largest absolute Gasteiger partial charge is 0.384 e. The fourth-order valence-corrected chi connectivity index (χ4v) is 0.905. The summed E-state index contributed by atoms with van der Waals surface area (Å²) in [5.41, 5.74) is 5.17. The molecule has 1 rings (SSSR count). The number of aliphatic hydroxyl groups is 1. The first kappa shape index (κ1) is 10.2. The van der Waals surface area contributed by atoms with Crippen molar-refractivity contribution in [3.05, 3.63) is 35.1 Å². The minimum atomic E-state index is -0.689. The Bertz CT molecular complexity index is 418.